The molecule has 102 valence electrons. The molecule has 1 amide bonds. The lowest BCUT2D eigenvalue weighted by atomic mass is 10.2. The van der Waals surface area contributed by atoms with Crippen LogP contribution in [0.4, 0.5) is 0 Å². The van der Waals surface area contributed by atoms with Crippen LogP contribution in [0.2, 0.25) is 0 Å². The van der Waals surface area contributed by atoms with Crippen molar-refractivity contribution in [3.05, 3.63) is 54.7 Å². The van der Waals surface area contributed by atoms with Crippen LogP contribution in [0, 0.1) is 0 Å². The lowest BCUT2D eigenvalue weighted by Crippen LogP contribution is -2.31. The number of hydrogen-bond donors (Lipinski definition) is 2. The van der Waals surface area contributed by atoms with E-state index < -0.39 is 0 Å². The third-order valence-corrected chi connectivity index (χ3v) is 3.34. The van der Waals surface area contributed by atoms with E-state index >= 15 is 0 Å². The van der Waals surface area contributed by atoms with E-state index in [4.69, 9.17) is 0 Å². The Labute approximate surface area is 116 Å². The quantitative estimate of drug-likeness (QED) is 0.764. The van der Waals surface area contributed by atoms with Gasteiger partial charge < -0.3 is 14.9 Å². The molecule has 0 fully saturated rings. The van der Waals surface area contributed by atoms with Gasteiger partial charge in [-0.05, 0) is 18.6 Å². The van der Waals surface area contributed by atoms with Gasteiger partial charge in [0.25, 0.3) is 5.91 Å². The zero-order valence-corrected chi connectivity index (χ0v) is 11.2. The van der Waals surface area contributed by atoms with Crippen molar-refractivity contribution < 1.29 is 4.79 Å². The molecule has 0 aliphatic carbocycles. The van der Waals surface area contributed by atoms with Gasteiger partial charge in [-0.1, -0.05) is 25.1 Å². The zero-order chi connectivity index (χ0) is 13.9. The van der Waals surface area contributed by atoms with Gasteiger partial charge in [-0.2, -0.15) is 0 Å². The maximum Gasteiger partial charge on any atom is 0.269 e. The molecule has 0 bridgehead atoms. The monoisotopic (exact) mass is 268 g/mol. The SMILES string of the molecule is CCC(NC(=O)c1cc2ccccc2[nH]1)n1ccnc1. The minimum absolute atomic E-state index is 0.0867. The number of H-pyrrole nitrogens is 1. The number of carbonyl (C=O) groups is 1. The molecule has 20 heavy (non-hydrogen) atoms. The third kappa shape index (κ3) is 2.30. The van der Waals surface area contributed by atoms with Crippen molar-refractivity contribution in [2.75, 3.05) is 0 Å². The second-order valence-corrected chi connectivity index (χ2v) is 4.68. The van der Waals surface area contributed by atoms with Gasteiger partial charge in [0.15, 0.2) is 0 Å². The number of aromatic nitrogens is 3. The van der Waals surface area contributed by atoms with Crippen molar-refractivity contribution in [2.24, 2.45) is 0 Å². The second-order valence-electron chi connectivity index (χ2n) is 4.68. The van der Waals surface area contributed by atoms with Crippen molar-refractivity contribution in [2.45, 2.75) is 19.5 Å². The fraction of sp³-hybridized carbons (Fsp3) is 0.200. The van der Waals surface area contributed by atoms with E-state index in [0.29, 0.717) is 5.69 Å². The highest BCUT2D eigenvalue weighted by atomic mass is 16.2. The predicted octanol–water partition coefficient (Wildman–Crippen LogP) is 2.70. The number of para-hydroxylation sites is 1. The number of benzene rings is 1. The molecule has 2 aromatic heterocycles. The average Bonchev–Trinajstić information content (AvgIpc) is 3.13. The Bertz CT molecular complexity index is 681. The second kappa shape index (κ2) is 5.21. The van der Waals surface area contributed by atoms with Crippen molar-refractivity contribution in [3.63, 3.8) is 0 Å². The van der Waals surface area contributed by atoms with Crippen LogP contribution in [0.5, 0.6) is 0 Å². The van der Waals surface area contributed by atoms with Crippen LogP contribution in [0.1, 0.15) is 30.0 Å². The lowest BCUT2D eigenvalue weighted by molar-refractivity contribution is 0.0914. The van der Waals surface area contributed by atoms with E-state index in [2.05, 4.69) is 15.3 Å². The number of fused-ring (bicyclic) bond motifs is 1. The Balaban J connectivity index is 1.81. The zero-order valence-electron chi connectivity index (χ0n) is 11.2. The molecule has 0 saturated heterocycles. The van der Waals surface area contributed by atoms with Crippen LogP contribution in [-0.4, -0.2) is 20.4 Å². The Hall–Kier alpha value is -2.56. The molecular weight excluding hydrogens is 252 g/mol. The van der Waals surface area contributed by atoms with Gasteiger partial charge in [0, 0.05) is 23.3 Å². The van der Waals surface area contributed by atoms with Gasteiger partial charge in [0.2, 0.25) is 0 Å². The van der Waals surface area contributed by atoms with Gasteiger partial charge in [-0.3, -0.25) is 4.79 Å². The highest BCUT2D eigenvalue weighted by Crippen LogP contribution is 2.15. The van der Waals surface area contributed by atoms with E-state index in [1.807, 2.05) is 48.0 Å². The predicted molar refractivity (Wildman–Crippen MR) is 77.3 cm³/mol. The largest absolute Gasteiger partial charge is 0.351 e. The van der Waals surface area contributed by atoms with Crippen LogP contribution in [0.3, 0.4) is 0 Å². The number of hydrogen-bond acceptors (Lipinski definition) is 2. The van der Waals surface area contributed by atoms with E-state index in [0.717, 1.165) is 17.3 Å². The Morgan fingerprint density at radius 2 is 2.30 bits per heavy atom. The van der Waals surface area contributed by atoms with Crippen LogP contribution < -0.4 is 5.32 Å². The standard InChI is InChI=1S/C15H16N4O/c1-2-14(19-8-7-16-10-19)18-15(20)13-9-11-5-3-4-6-12(11)17-13/h3-10,14,17H,2H2,1H3,(H,18,20). The number of carbonyl (C=O) groups excluding carboxylic acids is 1. The minimum Gasteiger partial charge on any atom is -0.351 e. The topological polar surface area (TPSA) is 62.7 Å². The maximum atomic E-state index is 12.3. The number of nitrogens with zero attached hydrogens (tertiary/aromatic N) is 2. The number of amides is 1. The maximum absolute atomic E-state index is 12.3. The van der Waals surface area contributed by atoms with E-state index in [-0.39, 0.29) is 12.1 Å². The summed E-state index contributed by atoms with van der Waals surface area (Å²) < 4.78 is 1.89. The van der Waals surface area contributed by atoms with E-state index in [9.17, 15) is 4.79 Å². The first kappa shape index (κ1) is 12.5. The minimum atomic E-state index is -0.109. The summed E-state index contributed by atoms with van der Waals surface area (Å²) in [6, 6.07) is 9.71. The first-order valence-electron chi connectivity index (χ1n) is 6.64. The molecule has 2 N–H and O–H groups in total. The van der Waals surface area contributed by atoms with Crippen molar-refractivity contribution in [1.29, 1.82) is 0 Å². The molecule has 1 atom stereocenters. The van der Waals surface area contributed by atoms with Gasteiger partial charge >= 0.3 is 0 Å². The molecule has 0 aliphatic heterocycles. The van der Waals surface area contributed by atoms with Gasteiger partial charge in [0.1, 0.15) is 11.9 Å². The van der Waals surface area contributed by atoms with Crippen LogP contribution in [0.15, 0.2) is 49.1 Å². The van der Waals surface area contributed by atoms with Gasteiger partial charge in [-0.15, -0.1) is 0 Å². The molecule has 5 nitrogen and oxygen atoms in total. The van der Waals surface area contributed by atoms with E-state index in [1.165, 1.54) is 0 Å². The summed E-state index contributed by atoms with van der Waals surface area (Å²) in [7, 11) is 0. The van der Waals surface area contributed by atoms with Crippen LogP contribution in [-0.2, 0) is 0 Å². The number of rotatable bonds is 4. The van der Waals surface area contributed by atoms with Crippen molar-refractivity contribution in [1.82, 2.24) is 19.9 Å². The fourth-order valence-electron chi connectivity index (χ4n) is 2.27. The molecule has 0 radical (unpaired) electrons. The Morgan fingerprint density at radius 1 is 1.45 bits per heavy atom. The molecule has 0 saturated carbocycles. The summed E-state index contributed by atoms with van der Waals surface area (Å²) in [5, 5.41) is 4.03. The normalized spacial score (nSPS) is 12.4. The van der Waals surface area contributed by atoms with Crippen molar-refractivity contribution >= 4 is 16.8 Å². The highest BCUT2D eigenvalue weighted by molar-refractivity contribution is 5.98. The first-order valence-corrected chi connectivity index (χ1v) is 6.64. The smallest absolute Gasteiger partial charge is 0.269 e. The van der Waals surface area contributed by atoms with Gasteiger partial charge in [0.05, 0.1) is 6.33 Å². The molecule has 2 heterocycles. The third-order valence-electron chi connectivity index (χ3n) is 3.34. The number of imidazole rings is 1. The molecular formula is C15H16N4O. The first-order chi connectivity index (χ1) is 9.78. The fourth-order valence-corrected chi connectivity index (χ4v) is 2.27. The molecule has 0 spiro atoms. The molecule has 5 heteroatoms. The number of aromatic amines is 1. The highest BCUT2D eigenvalue weighted by Gasteiger charge is 2.14. The summed E-state index contributed by atoms with van der Waals surface area (Å²) in [6.07, 6.45) is 5.97. The molecule has 1 unspecified atom stereocenters. The van der Waals surface area contributed by atoms with Crippen LogP contribution >= 0.6 is 0 Å². The summed E-state index contributed by atoms with van der Waals surface area (Å²) >= 11 is 0. The van der Waals surface area contributed by atoms with E-state index in [1.54, 1.807) is 12.5 Å². The molecule has 0 aliphatic rings. The number of nitrogens with one attached hydrogen (secondary N) is 2. The lowest BCUT2D eigenvalue weighted by Gasteiger charge is -2.17. The van der Waals surface area contributed by atoms with Crippen LogP contribution in [0.25, 0.3) is 10.9 Å². The summed E-state index contributed by atoms with van der Waals surface area (Å²) in [5.41, 5.74) is 1.54. The molecule has 3 aromatic rings. The Morgan fingerprint density at radius 3 is 3.00 bits per heavy atom. The summed E-state index contributed by atoms with van der Waals surface area (Å²) in [5.74, 6) is -0.109. The summed E-state index contributed by atoms with van der Waals surface area (Å²) in [4.78, 5) is 19.4. The molecule has 3 rings (SSSR count). The van der Waals surface area contributed by atoms with Crippen molar-refractivity contribution in [3.8, 4) is 0 Å². The van der Waals surface area contributed by atoms with Gasteiger partial charge in [-0.25, -0.2) is 4.98 Å². The summed E-state index contributed by atoms with van der Waals surface area (Å²) in [6.45, 7) is 2.02. The Kier molecular flexibility index (Phi) is 3.25. The molecule has 1 aromatic carbocycles. The average molecular weight is 268 g/mol.